The summed E-state index contributed by atoms with van der Waals surface area (Å²) in [5.41, 5.74) is 6.47. The molecule has 3 rings (SSSR count). The highest BCUT2D eigenvalue weighted by Crippen LogP contribution is 2.11. The van der Waals surface area contributed by atoms with E-state index in [1.54, 1.807) is 12.1 Å². The van der Waals surface area contributed by atoms with E-state index in [4.69, 9.17) is 4.74 Å². The second-order valence-corrected chi connectivity index (χ2v) is 6.48. The normalized spacial score (nSPS) is 10.3. The maximum atomic E-state index is 12.1. The van der Waals surface area contributed by atoms with E-state index in [1.165, 1.54) is 0 Å². The molecular formula is C22H22N4O4. The van der Waals surface area contributed by atoms with Crippen LogP contribution in [-0.4, -0.2) is 29.4 Å². The molecule has 8 nitrogen and oxygen atoms in total. The van der Waals surface area contributed by atoms with Gasteiger partial charge in [-0.15, -0.1) is 0 Å². The summed E-state index contributed by atoms with van der Waals surface area (Å²) >= 11 is 0. The van der Waals surface area contributed by atoms with Crippen molar-refractivity contribution < 1.29 is 19.1 Å². The minimum atomic E-state index is -0.546. The Morgan fingerprint density at radius 3 is 2.47 bits per heavy atom. The van der Waals surface area contributed by atoms with E-state index < -0.39 is 12.0 Å². The zero-order valence-electron chi connectivity index (χ0n) is 16.3. The average molecular weight is 406 g/mol. The second-order valence-electron chi connectivity index (χ2n) is 6.48. The quantitative estimate of drug-likeness (QED) is 0.413. The van der Waals surface area contributed by atoms with Crippen molar-refractivity contribution in [2.75, 3.05) is 6.54 Å². The molecule has 0 saturated heterocycles. The highest BCUT2D eigenvalue weighted by Gasteiger charge is 2.10. The van der Waals surface area contributed by atoms with Crippen molar-refractivity contribution in [1.82, 2.24) is 21.2 Å². The van der Waals surface area contributed by atoms with E-state index in [9.17, 15) is 14.4 Å². The average Bonchev–Trinajstić information content (AvgIpc) is 2.79. The predicted octanol–water partition coefficient (Wildman–Crippen LogP) is 2.70. The standard InChI is InChI=1S/C22H22N4O4/c27-20(11-6-14-23-22(29)30-15-16-7-2-1-3-8-16)25-26-21(28)19-13-12-17-9-4-5-10-18(17)24-19/h1-5,7-10,12-13H,6,11,14-15H2,(H,23,29)(H,25,27)(H,26,28). The lowest BCUT2D eigenvalue weighted by Crippen LogP contribution is -2.42. The fraction of sp³-hybridized carbons (Fsp3) is 0.182. The molecule has 0 unspecified atom stereocenters. The number of fused-ring (bicyclic) bond motifs is 1. The van der Waals surface area contributed by atoms with Gasteiger partial charge in [0.25, 0.3) is 5.91 Å². The largest absolute Gasteiger partial charge is 0.445 e. The Balaban J connectivity index is 1.31. The topological polar surface area (TPSA) is 109 Å². The predicted molar refractivity (Wildman–Crippen MR) is 111 cm³/mol. The Labute approximate surface area is 173 Å². The summed E-state index contributed by atoms with van der Waals surface area (Å²) in [6.45, 7) is 0.462. The van der Waals surface area contributed by atoms with E-state index in [-0.39, 0.29) is 31.2 Å². The fourth-order valence-electron chi connectivity index (χ4n) is 2.66. The van der Waals surface area contributed by atoms with Crippen molar-refractivity contribution in [2.24, 2.45) is 0 Å². The van der Waals surface area contributed by atoms with Gasteiger partial charge in [0.2, 0.25) is 5.91 Å². The van der Waals surface area contributed by atoms with Crippen LogP contribution in [0.4, 0.5) is 4.79 Å². The summed E-state index contributed by atoms with van der Waals surface area (Å²) in [6.07, 6.45) is -0.0178. The number of nitrogens with zero attached hydrogens (tertiary/aromatic N) is 1. The molecule has 3 aromatic rings. The number of ether oxygens (including phenoxy) is 1. The third-order valence-electron chi connectivity index (χ3n) is 4.21. The molecule has 2 aromatic carbocycles. The zero-order chi connectivity index (χ0) is 21.2. The van der Waals surface area contributed by atoms with Crippen molar-refractivity contribution in [3.05, 3.63) is 78.0 Å². The van der Waals surface area contributed by atoms with E-state index in [0.717, 1.165) is 10.9 Å². The fourth-order valence-corrected chi connectivity index (χ4v) is 2.66. The third kappa shape index (κ3) is 6.30. The Bertz CT molecular complexity index is 1020. The smallest absolute Gasteiger partial charge is 0.407 e. The number of para-hydroxylation sites is 1. The first-order chi connectivity index (χ1) is 14.6. The number of hydrazine groups is 1. The maximum absolute atomic E-state index is 12.1. The monoisotopic (exact) mass is 406 g/mol. The summed E-state index contributed by atoms with van der Waals surface area (Å²) in [7, 11) is 0. The van der Waals surface area contributed by atoms with Crippen LogP contribution in [0.2, 0.25) is 0 Å². The summed E-state index contributed by atoms with van der Waals surface area (Å²) in [5.74, 6) is -0.875. The molecule has 0 atom stereocenters. The van der Waals surface area contributed by atoms with Gasteiger partial charge in [0.1, 0.15) is 12.3 Å². The van der Waals surface area contributed by atoms with Crippen LogP contribution >= 0.6 is 0 Å². The van der Waals surface area contributed by atoms with Crippen molar-refractivity contribution in [3.8, 4) is 0 Å². The van der Waals surface area contributed by atoms with Crippen LogP contribution in [0.25, 0.3) is 10.9 Å². The molecule has 30 heavy (non-hydrogen) atoms. The number of aromatic nitrogens is 1. The van der Waals surface area contributed by atoms with Crippen molar-refractivity contribution >= 4 is 28.8 Å². The molecule has 1 aromatic heterocycles. The Morgan fingerprint density at radius 1 is 0.867 bits per heavy atom. The van der Waals surface area contributed by atoms with Crippen LogP contribution in [0.15, 0.2) is 66.7 Å². The molecular weight excluding hydrogens is 384 g/mol. The Morgan fingerprint density at radius 2 is 1.63 bits per heavy atom. The lowest BCUT2D eigenvalue weighted by atomic mass is 10.2. The van der Waals surface area contributed by atoms with Crippen LogP contribution in [0.5, 0.6) is 0 Å². The molecule has 3 amide bonds. The van der Waals surface area contributed by atoms with E-state index >= 15 is 0 Å². The highest BCUT2D eigenvalue weighted by molar-refractivity contribution is 5.95. The van der Waals surface area contributed by atoms with Crippen molar-refractivity contribution in [3.63, 3.8) is 0 Å². The molecule has 3 N–H and O–H groups in total. The van der Waals surface area contributed by atoms with Gasteiger partial charge in [-0.2, -0.15) is 0 Å². The van der Waals surface area contributed by atoms with Gasteiger partial charge in [-0.3, -0.25) is 20.4 Å². The number of nitrogens with one attached hydrogen (secondary N) is 3. The number of alkyl carbamates (subject to hydrolysis) is 1. The molecule has 0 bridgehead atoms. The van der Waals surface area contributed by atoms with Gasteiger partial charge in [-0.25, -0.2) is 9.78 Å². The van der Waals surface area contributed by atoms with Gasteiger partial charge >= 0.3 is 6.09 Å². The summed E-state index contributed by atoms with van der Waals surface area (Å²) in [4.78, 5) is 39.9. The lowest BCUT2D eigenvalue weighted by molar-refractivity contribution is -0.121. The lowest BCUT2D eigenvalue weighted by Gasteiger charge is -2.09. The van der Waals surface area contributed by atoms with E-state index in [2.05, 4.69) is 21.2 Å². The number of benzene rings is 2. The van der Waals surface area contributed by atoms with Gasteiger partial charge in [0, 0.05) is 18.4 Å². The minimum Gasteiger partial charge on any atom is -0.445 e. The second kappa shape index (κ2) is 10.6. The van der Waals surface area contributed by atoms with Crippen LogP contribution in [0.1, 0.15) is 28.9 Å². The number of carbonyl (C=O) groups is 3. The van der Waals surface area contributed by atoms with Gasteiger partial charge < -0.3 is 10.1 Å². The molecule has 0 spiro atoms. The van der Waals surface area contributed by atoms with Crippen LogP contribution < -0.4 is 16.2 Å². The van der Waals surface area contributed by atoms with Crippen molar-refractivity contribution in [2.45, 2.75) is 19.4 Å². The van der Waals surface area contributed by atoms with E-state index in [0.29, 0.717) is 11.9 Å². The highest BCUT2D eigenvalue weighted by atomic mass is 16.5. The first-order valence-corrected chi connectivity index (χ1v) is 9.51. The Kier molecular flexibility index (Phi) is 7.32. The third-order valence-corrected chi connectivity index (χ3v) is 4.21. The summed E-state index contributed by atoms with van der Waals surface area (Å²) in [6, 6.07) is 20.2. The molecule has 154 valence electrons. The number of carbonyl (C=O) groups excluding carboxylic acids is 3. The molecule has 1 heterocycles. The van der Waals surface area contributed by atoms with Crippen molar-refractivity contribution in [1.29, 1.82) is 0 Å². The number of rotatable bonds is 7. The maximum Gasteiger partial charge on any atom is 0.407 e. The molecule has 8 heteroatoms. The van der Waals surface area contributed by atoms with Crippen LogP contribution in [0.3, 0.4) is 0 Å². The molecule has 0 aliphatic rings. The first kappa shape index (κ1) is 20.8. The number of hydrogen-bond donors (Lipinski definition) is 3. The molecule has 0 aliphatic heterocycles. The Hall–Kier alpha value is -3.94. The van der Waals surface area contributed by atoms with Gasteiger partial charge in [-0.1, -0.05) is 54.6 Å². The van der Waals surface area contributed by atoms with Gasteiger partial charge in [0.15, 0.2) is 0 Å². The number of amides is 3. The number of hydrogen-bond acceptors (Lipinski definition) is 5. The van der Waals surface area contributed by atoms with Gasteiger partial charge in [-0.05, 0) is 24.1 Å². The summed E-state index contributed by atoms with van der Waals surface area (Å²) in [5, 5.41) is 3.50. The number of pyridine rings is 1. The SMILES string of the molecule is O=C(CCCNC(=O)OCc1ccccc1)NNC(=O)c1ccc2ccccc2n1. The first-order valence-electron chi connectivity index (χ1n) is 9.51. The minimum absolute atomic E-state index is 0.129. The molecule has 0 radical (unpaired) electrons. The zero-order valence-corrected chi connectivity index (χ0v) is 16.3. The van der Waals surface area contributed by atoms with Crippen LogP contribution in [0, 0.1) is 0 Å². The van der Waals surface area contributed by atoms with Gasteiger partial charge in [0.05, 0.1) is 5.52 Å². The van der Waals surface area contributed by atoms with Crippen LogP contribution in [-0.2, 0) is 16.1 Å². The molecule has 0 saturated carbocycles. The molecule has 0 aliphatic carbocycles. The summed E-state index contributed by atoms with van der Waals surface area (Å²) < 4.78 is 5.08. The molecule has 0 fully saturated rings. The van der Waals surface area contributed by atoms with E-state index in [1.807, 2.05) is 54.6 Å².